The average molecular weight is 444 g/mol. The summed E-state index contributed by atoms with van der Waals surface area (Å²) in [6.07, 6.45) is -4.43. The molecule has 6 nitrogen and oxygen atoms in total. The lowest BCUT2D eigenvalue weighted by molar-refractivity contribution is -0.140. The molecule has 0 amide bonds. The van der Waals surface area contributed by atoms with Gasteiger partial charge in [-0.15, -0.1) is 11.3 Å². The van der Waals surface area contributed by atoms with Crippen LogP contribution in [0.1, 0.15) is 36.2 Å². The lowest BCUT2D eigenvalue weighted by Crippen LogP contribution is -2.43. The van der Waals surface area contributed by atoms with Crippen molar-refractivity contribution in [3.63, 3.8) is 0 Å². The van der Waals surface area contributed by atoms with E-state index in [0.717, 1.165) is 41.1 Å². The summed E-state index contributed by atoms with van der Waals surface area (Å²) in [4.78, 5) is 10.1. The van der Waals surface area contributed by atoms with Gasteiger partial charge in [0.2, 0.25) is 0 Å². The van der Waals surface area contributed by atoms with E-state index in [4.69, 9.17) is 4.74 Å². The SMILES string of the molecule is CCN(CC)C(CNC(=NC)NCc1nc(C(F)(F)F)cs1)c1cccc(OC)c1. The number of benzene rings is 1. The number of thiazole rings is 1. The fourth-order valence-corrected chi connectivity index (χ4v) is 3.81. The number of ether oxygens (including phenoxy) is 1. The van der Waals surface area contributed by atoms with Crippen LogP contribution in [0.4, 0.5) is 13.2 Å². The Bertz CT molecular complexity index is 821. The molecule has 166 valence electrons. The van der Waals surface area contributed by atoms with Gasteiger partial charge in [-0.3, -0.25) is 9.89 Å². The first-order chi connectivity index (χ1) is 14.3. The van der Waals surface area contributed by atoms with Crippen LogP contribution in [0.3, 0.4) is 0 Å². The number of rotatable bonds is 9. The molecule has 1 unspecified atom stereocenters. The third kappa shape index (κ3) is 6.60. The van der Waals surface area contributed by atoms with Crippen LogP contribution in [0.15, 0.2) is 34.6 Å². The molecule has 0 aliphatic rings. The van der Waals surface area contributed by atoms with E-state index in [1.165, 1.54) is 0 Å². The van der Waals surface area contributed by atoms with Gasteiger partial charge in [-0.1, -0.05) is 26.0 Å². The van der Waals surface area contributed by atoms with Crippen molar-refractivity contribution >= 4 is 17.3 Å². The van der Waals surface area contributed by atoms with Crippen molar-refractivity contribution < 1.29 is 17.9 Å². The maximum Gasteiger partial charge on any atom is 0.434 e. The third-order valence-corrected chi connectivity index (χ3v) is 5.52. The maximum atomic E-state index is 12.7. The second-order valence-corrected chi connectivity index (χ2v) is 7.39. The average Bonchev–Trinajstić information content (AvgIpc) is 3.23. The summed E-state index contributed by atoms with van der Waals surface area (Å²) >= 11 is 0.968. The Labute approximate surface area is 179 Å². The summed E-state index contributed by atoms with van der Waals surface area (Å²) in [6.45, 7) is 6.67. The van der Waals surface area contributed by atoms with Crippen LogP contribution in [-0.4, -0.2) is 49.6 Å². The van der Waals surface area contributed by atoms with Crippen molar-refractivity contribution in [2.75, 3.05) is 33.8 Å². The molecule has 1 heterocycles. The largest absolute Gasteiger partial charge is 0.497 e. The van der Waals surface area contributed by atoms with Crippen LogP contribution in [0, 0.1) is 0 Å². The zero-order valence-corrected chi connectivity index (χ0v) is 18.4. The second-order valence-electron chi connectivity index (χ2n) is 6.44. The fraction of sp³-hybridized carbons (Fsp3) is 0.500. The van der Waals surface area contributed by atoms with Gasteiger partial charge in [0.05, 0.1) is 19.7 Å². The molecule has 0 saturated carbocycles. The van der Waals surface area contributed by atoms with Gasteiger partial charge in [0.25, 0.3) is 0 Å². The molecular weight excluding hydrogens is 415 g/mol. The Balaban J connectivity index is 2.04. The summed E-state index contributed by atoms with van der Waals surface area (Å²) in [6, 6.07) is 8.00. The topological polar surface area (TPSA) is 61.8 Å². The summed E-state index contributed by atoms with van der Waals surface area (Å²) in [7, 11) is 3.26. The number of halogens is 3. The Morgan fingerprint density at radius 2 is 2.00 bits per heavy atom. The Morgan fingerprint density at radius 3 is 2.57 bits per heavy atom. The van der Waals surface area contributed by atoms with Crippen LogP contribution in [0.25, 0.3) is 0 Å². The predicted molar refractivity (Wildman–Crippen MR) is 114 cm³/mol. The molecule has 0 aliphatic heterocycles. The molecule has 0 aliphatic carbocycles. The molecule has 1 aromatic carbocycles. The van der Waals surface area contributed by atoms with Crippen molar-refractivity contribution in [2.24, 2.45) is 4.99 Å². The van der Waals surface area contributed by atoms with Crippen molar-refractivity contribution in [1.29, 1.82) is 0 Å². The van der Waals surface area contributed by atoms with Crippen LogP contribution in [-0.2, 0) is 12.7 Å². The number of hydrogen-bond donors (Lipinski definition) is 2. The van der Waals surface area contributed by atoms with E-state index in [9.17, 15) is 13.2 Å². The van der Waals surface area contributed by atoms with Crippen LogP contribution in [0.2, 0.25) is 0 Å². The van der Waals surface area contributed by atoms with Crippen LogP contribution in [0.5, 0.6) is 5.75 Å². The highest BCUT2D eigenvalue weighted by atomic mass is 32.1. The highest BCUT2D eigenvalue weighted by Crippen LogP contribution is 2.30. The number of methoxy groups -OCH3 is 1. The number of aromatic nitrogens is 1. The molecule has 1 aromatic heterocycles. The molecule has 0 bridgehead atoms. The van der Waals surface area contributed by atoms with E-state index < -0.39 is 11.9 Å². The van der Waals surface area contributed by atoms with Crippen molar-refractivity contribution in [3.8, 4) is 5.75 Å². The van der Waals surface area contributed by atoms with E-state index in [-0.39, 0.29) is 12.6 Å². The number of aliphatic imine (C=N–C) groups is 1. The number of likely N-dealkylation sites (N-methyl/N-ethyl adjacent to an activating group) is 1. The highest BCUT2D eigenvalue weighted by Gasteiger charge is 2.33. The molecular formula is C20H28F3N5OS. The molecule has 0 fully saturated rings. The van der Waals surface area contributed by atoms with Crippen molar-refractivity contribution in [1.82, 2.24) is 20.5 Å². The smallest absolute Gasteiger partial charge is 0.434 e. The number of nitrogens with zero attached hydrogens (tertiary/aromatic N) is 3. The van der Waals surface area contributed by atoms with Gasteiger partial charge < -0.3 is 15.4 Å². The predicted octanol–water partition coefficient (Wildman–Crippen LogP) is 3.92. The van der Waals surface area contributed by atoms with E-state index in [1.54, 1.807) is 14.2 Å². The maximum absolute atomic E-state index is 12.7. The molecule has 2 rings (SSSR count). The molecule has 30 heavy (non-hydrogen) atoms. The minimum absolute atomic E-state index is 0.0744. The monoisotopic (exact) mass is 443 g/mol. The standard InChI is InChI=1S/C20H28F3N5OS/c1-5-28(6-2)16(14-8-7-9-15(10-14)29-4)11-25-19(24-3)26-12-18-27-17(13-30-18)20(21,22)23/h7-10,13,16H,5-6,11-12H2,1-4H3,(H2,24,25,26). The molecule has 2 aromatic rings. The lowest BCUT2D eigenvalue weighted by Gasteiger charge is -2.31. The van der Waals surface area contributed by atoms with Gasteiger partial charge in [-0.25, -0.2) is 4.98 Å². The van der Waals surface area contributed by atoms with Gasteiger partial charge in [-0.05, 0) is 30.8 Å². The Hall–Kier alpha value is -2.33. The number of guanidine groups is 1. The first-order valence-corrected chi connectivity index (χ1v) is 10.5. The Morgan fingerprint density at radius 1 is 1.27 bits per heavy atom. The molecule has 2 N–H and O–H groups in total. The minimum atomic E-state index is -4.43. The van der Waals surface area contributed by atoms with Crippen molar-refractivity contribution in [3.05, 3.63) is 45.9 Å². The fourth-order valence-electron chi connectivity index (χ4n) is 3.07. The first-order valence-electron chi connectivity index (χ1n) is 9.66. The summed E-state index contributed by atoms with van der Waals surface area (Å²) in [5.74, 6) is 1.29. The van der Waals surface area contributed by atoms with Gasteiger partial charge in [-0.2, -0.15) is 13.2 Å². The second kappa shape index (κ2) is 11.2. The van der Waals surface area contributed by atoms with E-state index in [0.29, 0.717) is 17.5 Å². The first kappa shape index (κ1) is 23.9. The van der Waals surface area contributed by atoms with Gasteiger partial charge in [0, 0.05) is 19.0 Å². The van der Waals surface area contributed by atoms with Crippen LogP contribution >= 0.6 is 11.3 Å². The minimum Gasteiger partial charge on any atom is -0.497 e. The van der Waals surface area contributed by atoms with Crippen molar-refractivity contribution in [2.45, 2.75) is 32.6 Å². The summed E-state index contributed by atoms with van der Waals surface area (Å²) < 4.78 is 43.5. The molecule has 1 atom stereocenters. The molecule has 0 saturated heterocycles. The normalized spacial score (nSPS) is 13.4. The third-order valence-electron chi connectivity index (χ3n) is 4.67. The number of alkyl halides is 3. The molecule has 0 radical (unpaired) electrons. The van der Waals surface area contributed by atoms with E-state index in [2.05, 4.69) is 45.4 Å². The zero-order chi connectivity index (χ0) is 22.1. The van der Waals surface area contributed by atoms with Gasteiger partial charge in [0.1, 0.15) is 10.8 Å². The molecule has 0 spiro atoms. The lowest BCUT2D eigenvalue weighted by atomic mass is 10.0. The van der Waals surface area contributed by atoms with E-state index in [1.807, 2.05) is 18.2 Å². The number of hydrogen-bond acceptors (Lipinski definition) is 5. The summed E-state index contributed by atoms with van der Waals surface area (Å²) in [5, 5.41) is 7.67. The van der Waals surface area contributed by atoms with E-state index >= 15 is 0 Å². The quantitative estimate of drug-likeness (QED) is 0.454. The van der Waals surface area contributed by atoms with Crippen LogP contribution < -0.4 is 15.4 Å². The zero-order valence-electron chi connectivity index (χ0n) is 17.6. The van der Waals surface area contributed by atoms with Gasteiger partial charge in [0.15, 0.2) is 11.7 Å². The highest BCUT2D eigenvalue weighted by molar-refractivity contribution is 7.09. The van der Waals surface area contributed by atoms with Gasteiger partial charge >= 0.3 is 6.18 Å². The Kier molecular flexibility index (Phi) is 8.91. The number of nitrogens with one attached hydrogen (secondary N) is 2. The molecule has 10 heteroatoms. The summed E-state index contributed by atoms with van der Waals surface area (Å²) in [5.41, 5.74) is 0.239.